The Kier molecular flexibility index (Phi) is 3.16. The molecule has 0 fully saturated rings. The number of fused-ring (bicyclic) bond motifs is 1. The van der Waals surface area contributed by atoms with Gasteiger partial charge in [-0.3, -0.25) is 4.79 Å². The Bertz CT molecular complexity index is 465. The van der Waals surface area contributed by atoms with Crippen molar-refractivity contribution in [2.45, 2.75) is 17.7 Å². The number of carbonyl (C=O) groups is 1. The first-order valence-electron chi connectivity index (χ1n) is 5.11. The summed E-state index contributed by atoms with van der Waals surface area (Å²) in [4.78, 5) is 14.3. The van der Waals surface area contributed by atoms with Crippen molar-refractivity contribution in [3.63, 3.8) is 0 Å². The maximum atomic E-state index is 11.5. The maximum absolute atomic E-state index is 11.5. The van der Waals surface area contributed by atoms with Crippen LogP contribution in [0.15, 0.2) is 23.1 Å². The van der Waals surface area contributed by atoms with Gasteiger partial charge in [0, 0.05) is 24.1 Å². The fraction of sp³-hybridized carbons (Fsp3) is 0.333. The first-order chi connectivity index (χ1) is 7.72. The molecule has 0 aliphatic carbocycles. The number of nitrogens with zero attached hydrogens (tertiary/aromatic N) is 2. The van der Waals surface area contributed by atoms with E-state index in [1.54, 1.807) is 4.90 Å². The second kappa shape index (κ2) is 4.58. The molecule has 1 aliphatic heterocycles. The molecular formula is C12H12N2OS. The van der Waals surface area contributed by atoms with E-state index in [1.165, 1.54) is 17.3 Å². The molecule has 1 aliphatic rings. The summed E-state index contributed by atoms with van der Waals surface area (Å²) in [6.45, 7) is 0. The molecule has 1 aromatic carbocycles. The predicted molar refractivity (Wildman–Crippen MR) is 64.5 cm³/mol. The van der Waals surface area contributed by atoms with E-state index in [4.69, 9.17) is 5.26 Å². The summed E-state index contributed by atoms with van der Waals surface area (Å²) < 4.78 is 0. The van der Waals surface area contributed by atoms with Gasteiger partial charge in [-0.2, -0.15) is 5.26 Å². The van der Waals surface area contributed by atoms with Gasteiger partial charge in [0.15, 0.2) is 0 Å². The van der Waals surface area contributed by atoms with Crippen molar-refractivity contribution in [3.8, 4) is 6.07 Å². The first kappa shape index (κ1) is 11.0. The van der Waals surface area contributed by atoms with Crippen molar-refractivity contribution in [1.29, 1.82) is 5.26 Å². The standard InChI is InChI=1S/C12H12N2OS/c1-14-11-4-3-10(16-7-6-13)8-9(11)2-5-12(14)15/h3-4,8H,2,5,7H2,1H3. The van der Waals surface area contributed by atoms with Gasteiger partial charge in [0.05, 0.1) is 11.8 Å². The van der Waals surface area contributed by atoms with Crippen LogP contribution in [0.25, 0.3) is 0 Å². The number of hydrogen-bond donors (Lipinski definition) is 0. The molecule has 0 unspecified atom stereocenters. The normalized spacial score (nSPS) is 14.5. The highest BCUT2D eigenvalue weighted by atomic mass is 32.2. The Morgan fingerprint density at radius 3 is 3.06 bits per heavy atom. The molecule has 1 heterocycles. The summed E-state index contributed by atoms with van der Waals surface area (Å²) in [6, 6.07) is 8.13. The van der Waals surface area contributed by atoms with Crippen LogP contribution in [0.1, 0.15) is 12.0 Å². The minimum Gasteiger partial charge on any atom is -0.315 e. The van der Waals surface area contributed by atoms with E-state index in [1.807, 2.05) is 19.2 Å². The van der Waals surface area contributed by atoms with Crippen molar-refractivity contribution in [1.82, 2.24) is 0 Å². The molecule has 3 nitrogen and oxygen atoms in total. The molecule has 0 radical (unpaired) electrons. The lowest BCUT2D eigenvalue weighted by molar-refractivity contribution is -0.118. The van der Waals surface area contributed by atoms with Crippen LogP contribution >= 0.6 is 11.8 Å². The van der Waals surface area contributed by atoms with E-state index in [2.05, 4.69) is 12.1 Å². The topological polar surface area (TPSA) is 44.1 Å². The van der Waals surface area contributed by atoms with E-state index in [0.717, 1.165) is 17.0 Å². The summed E-state index contributed by atoms with van der Waals surface area (Å²) in [7, 11) is 1.81. The lowest BCUT2D eigenvalue weighted by Gasteiger charge is -2.25. The highest BCUT2D eigenvalue weighted by Gasteiger charge is 2.20. The third-order valence-electron chi connectivity index (χ3n) is 2.70. The van der Waals surface area contributed by atoms with Crippen molar-refractivity contribution >= 4 is 23.4 Å². The predicted octanol–water partition coefficient (Wildman–Crippen LogP) is 2.21. The van der Waals surface area contributed by atoms with E-state index in [9.17, 15) is 4.79 Å². The van der Waals surface area contributed by atoms with Crippen LogP contribution in [0.3, 0.4) is 0 Å². The molecule has 1 aromatic rings. The summed E-state index contributed by atoms with van der Waals surface area (Å²) in [5.74, 6) is 0.637. The van der Waals surface area contributed by atoms with Crippen molar-refractivity contribution in [3.05, 3.63) is 23.8 Å². The number of rotatable bonds is 2. The van der Waals surface area contributed by atoms with Gasteiger partial charge in [0.1, 0.15) is 0 Å². The van der Waals surface area contributed by atoms with Crippen LogP contribution in [0.4, 0.5) is 5.69 Å². The third-order valence-corrected chi connectivity index (χ3v) is 3.56. The minimum atomic E-state index is 0.171. The van der Waals surface area contributed by atoms with E-state index < -0.39 is 0 Å². The number of thioether (sulfide) groups is 1. The number of carbonyl (C=O) groups excluding carboxylic acids is 1. The molecular weight excluding hydrogens is 220 g/mol. The fourth-order valence-corrected chi connectivity index (χ4v) is 2.46. The van der Waals surface area contributed by atoms with Crippen LogP contribution in [-0.4, -0.2) is 18.7 Å². The van der Waals surface area contributed by atoms with Crippen LogP contribution in [0, 0.1) is 11.3 Å². The van der Waals surface area contributed by atoms with Crippen molar-refractivity contribution < 1.29 is 4.79 Å². The number of aryl methyl sites for hydroxylation is 1. The maximum Gasteiger partial charge on any atom is 0.227 e. The molecule has 16 heavy (non-hydrogen) atoms. The molecule has 0 spiro atoms. The second-order valence-corrected chi connectivity index (χ2v) is 4.74. The highest BCUT2D eigenvalue weighted by molar-refractivity contribution is 7.99. The summed E-state index contributed by atoms with van der Waals surface area (Å²) in [5.41, 5.74) is 2.20. The van der Waals surface area contributed by atoms with Gasteiger partial charge in [-0.15, -0.1) is 11.8 Å². The Morgan fingerprint density at radius 1 is 1.50 bits per heavy atom. The summed E-state index contributed by atoms with van der Waals surface area (Å²) in [5, 5.41) is 8.52. The van der Waals surface area contributed by atoms with E-state index >= 15 is 0 Å². The quantitative estimate of drug-likeness (QED) is 0.734. The van der Waals surface area contributed by atoms with Gasteiger partial charge in [0.25, 0.3) is 0 Å². The zero-order valence-electron chi connectivity index (χ0n) is 9.06. The average Bonchev–Trinajstić information content (AvgIpc) is 2.31. The zero-order valence-corrected chi connectivity index (χ0v) is 9.88. The Labute approximate surface area is 99.1 Å². The summed E-state index contributed by atoms with van der Waals surface area (Å²) >= 11 is 1.53. The first-order valence-corrected chi connectivity index (χ1v) is 6.10. The molecule has 0 N–H and O–H groups in total. The largest absolute Gasteiger partial charge is 0.315 e. The molecule has 4 heteroatoms. The molecule has 2 rings (SSSR count). The average molecular weight is 232 g/mol. The van der Waals surface area contributed by atoms with Gasteiger partial charge in [-0.05, 0) is 30.2 Å². The second-order valence-electron chi connectivity index (χ2n) is 3.69. The zero-order chi connectivity index (χ0) is 11.5. The van der Waals surface area contributed by atoms with Crippen molar-refractivity contribution in [2.75, 3.05) is 17.7 Å². The molecule has 1 amide bonds. The summed E-state index contributed by atoms with van der Waals surface area (Å²) in [6.07, 6.45) is 1.38. The van der Waals surface area contributed by atoms with Crippen LogP contribution in [0.5, 0.6) is 0 Å². The smallest absolute Gasteiger partial charge is 0.227 e. The van der Waals surface area contributed by atoms with Gasteiger partial charge in [-0.1, -0.05) is 0 Å². The Hall–Kier alpha value is -1.47. The monoisotopic (exact) mass is 232 g/mol. The van der Waals surface area contributed by atoms with E-state index in [-0.39, 0.29) is 5.91 Å². The number of amides is 1. The highest BCUT2D eigenvalue weighted by Crippen LogP contribution is 2.30. The fourth-order valence-electron chi connectivity index (χ4n) is 1.84. The van der Waals surface area contributed by atoms with Crippen LogP contribution in [-0.2, 0) is 11.2 Å². The Balaban J connectivity index is 2.27. The van der Waals surface area contributed by atoms with Gasteiger partial charge < -0.3 is 4.90 Å². The van der Waals surface area contributed by atoms with Gasteiger partial charge >= 0.3 is 0 Å². The number of nitriles is 1. The van der Waals surface area contributed by atoms with Crippen molar-refractivity contribution in [2.24, 2.45) is 0 Å². The molecule has 0 saturated heterocycles. The van der Waals surface area contributed by atoms with Crippen LogP contribution < -0.4 is 4.90 Å². The lowest BCUT2D eigenvalue weighted by atomic mass is 10.0. The number of benzene rings is 1. The van der Waals surface area contributed by atoms with Crippen LogP contribution in [0.2, 0.25) is 0 Å². The van der Waals surface area contributed by atoms with Gasteiger partial charge in [-0.25, -0.2) is 0 Å². The SMILES string of the molecule is CN1C(=O)CCc2cc(SCC#N)ccc21. The molecule has 0 bridgehead atoms. The molecule has 0 saturated carbocycles. The van der Waals surface area contributed by atoms with Gasteiger partial charge in [0.2, 0.25) is 5.91 Å². The lowest BCUT2D eigenvalue weighted by Crippen LogP contribution is -2.30. The number of hydrogen-bond acceptors (Lipinski definition) is 3. The Morgan fingerprint density at radius 2 is 2.31 bits per heavy atom. The molecule has 0 atom stereocenters. The molecule has 0 aromatic heterocycles. The van der Waals surface area contributed by atoms with E-state index in [0.29, 0.717) is 12.2 Å². The third kappa shape index (κ3) is 2.05. The number of anilines is 1. The minimum absolute atomic E-state index is 0.171. The molecule has 82 valence electrons.